The number of likely N-dealkylation sites (tertiary alicyclic amines) is 1. The summed E-state index contributed by atoms with van der Waals surface area (Å²) in [4.78, 5) is 6.78. The molecule has 0 bridgehead atoms. The molecule has 1 atom stereocenters. The molecule has 17 heavy (non-hydrogen) atoms. The Bertz CT molecular complexity index is 345. The zero-order valence-corrected chi connectivity index (χ0v) is 10.9. The largest absolute Gasteiger partial charge is 0.385 e. The minimum atomic E-state index is 0.696. The van der Waals surface area contributed by atoms with Crippen LogP contribution in [0, 0.1) is 12.8 Å². The van der Waals surface area contributed by atoms with Gasteiger partial charge in [-0.25, -0.2) is 0 Å². The maximum Gasteiger partial charge on any atom is 0.0393 e. The molecule has 1 aliphatic rings. The Morgan fingerprint density at radius 2 is 2.18 bits per heavy atom. The molecule has 0 spiro atoms. The molecule has 0 aliphatic carbocycles. The van der Waals surface area contributed by atoms with Gasteiger partial charge in [0.2, 0.25) is 0 Å². The molecule has 0 amide bonds. The van der Waals surface area contributed by atoms with E-state index in [1.807, 2.05) is 19.2 Å². The highest BCUT2D eigenvalue weighted by Crippen LogP contribution is 2.12. The first-order valence-corrected chi connectivity index (χ1v) is 6.63. The Balaban J connectivity index is 1.73. The summed E-state index contributed by atoms with van der Waals surface area (Å²) in [5.74, 6) is 0.696. The van der Waals surface area contributed by atoms with E-state index in [2.05, 4.69) is 28.2 Å². The molecule has 1 N–H and O–H groups in total. The third-order valence-electron chi connectivity index (χ3n) is 3.32. The van der Waals surface area contributed by atoms with E-state index in [0.717, 1.165) is 12.2 Å². The van der Waals surface area contributed by atoms with Crippen LogP contribution in [0.1, 0.15) is 25.5 Å². The molecule has 2 heterocycles. The van der Waals surface area contributed by atoms with E-state index in [0.29, 0.717) is 5.92 Å². The normalized spacial score (nSPS) is 18.2. The van der Waals surface area contributed by atoms with Gasteiger partial charge in [-0.3, -0.25) is 4.98 Å². The number of aromatic nitrogens is 1. The van der Waals surface area contributed by atoms with Gasteiger partial charge in [-0.2, -0.15) is 0 Å². The maximum absolute atomic E-state index is 4.20. The standard InChI is InChI=1S/C14H23N3/c1-12(11-17-7-3-4-8-17)10-16-14-5-6-15-13(2)9-14/h5-6,9,12H,3-4,7-8,10-11H2,1-2H3,(H,15,16). The van der Waals surface area contributed by atoms with Crippen LogP contribution in [-0.4, -0.2) is 36.1 Å². The maximum atomic E-state index is 4.20. The van der Waals surface area contributed by atoms with Gasteiger partial charge in [0, 0.05) is 30.7 Å². The molecule has 1 aliphatic heterocycles. The number of hydrogen-bond acceptors (Lipinski definition) is 3. The van der Waals surface area contributed by atoms with Crippen LogP contribution in [0.15, 0.2) is 18.3 Å². The zero-order valence-electron chi connectivity index (χ0n) is 10.9. The average molecular weight is 233 g/mol. The summed E-state index contributed by atoms with van der Waals surface area (Å²) in [5.41, 5.74) is 2.26. The molecular weight excluding hydrogens is 210 g/mol. The van der Waals surface area contributed by atoms with Crippen LogP contribution in [0.4, 0.5) is 5.69 Å². The van der Waals surface area contributed by atoms with Gasteiger partial charge in [-0.05, 0) is 50.9 Å². The Hall–Kier alpha value is -1.09. The molecule has 1 fully saturated rings. The Morgan fingerprint density at radius 3 is 2.88 bits per heavy atom. The summed E-state index contributed by atoms with van der Waals surface area (Å²) < 4.78 is 0. The SMILES string of the molecule is Cc1cc(NCC(C)CN2CCCC2)ccn1. The van der Waals surface area contributed by atoms with E-state index in [1.165, 1.54) is 38.2 Å². The molecule has 3 heteroatoms. The van der Waals surface area contributed by atoms with Crippen molar-refractivity contribution in [1.82, 2.24) is 9.88 Å². The first-order valence-electron chi connectivity index (χ1n) is 6.63. The minimum absolute atomic E-state index is 0.696. The lowest BCUT2D eigenvalue weighted by Gasteiger charge is -2.20. The summed E-state index contributed by atoms with van der Waals surface area (Å²) in [5, 5.41) is 3.49. The number of pyridine rings is 1. The Kier molecular flexibility index (Phi) is 4.37. The minimum Gasteiger partial charge on any atom is -0.385 e. The number of hydrogen-bond donors (Lipinski definition) is 1. The lowest BCUT2D eigenvalue weighted by Crippen LogP contribution is -2.28. The van der Waals surface area contributed by atoms with Crippen LogP contribution in [-0.2, 0) is 0 Å². The number of aryl methyl sites for hydroxylation is 1. The average Bonchev–Trinajstić information content (AvgIpc) is 2.79. The number of nitrogens with one attached hydrogen (secondary N) is 1. The first kappa shape index (κ1) is 12.4. The lowest BCUT2D eigenvalue weighted by molar-refractivity contribution is 0.294. The summed E-state index contributed by atoms with van der Waals surface area (Å²) in [6.07, 6.45) is 4.62. The predicted octanol–water partition coefficient (Wildman–Crippen LogP) is 2.53. The Labute approximate surface area is 104 Å². The van der Waals surface area contributed by atoms with Crippen molar-refractivity contribution in [2.75, 3.05) is 31.5 Å². The summed E-state index contributed by atoms with van der Waals surface area (Å²) >= 11 is 0. The van der Waals surface area contributed by atoms with E-state index in [-0.39, 0.29) is 0 Å². The topological polar surface area (TPSA) is 28.2 Å². The summed E-state index contributed by atoms with van der Waals surface area (Å²) in [7, 11) is 0. The molecule has 1 unspecified atom stereocenters. The van der Waals surface area contributed by atoms with Crippen LogP contribution in [0.25, 0.3) is 0 Å². The fourth-order valence-electron chi connectivity index (χ4n) is 2.42. The molecular formula is C14H23N3. The molecule has 0 radical (unpaired) electrons. The van der Waals surface area contributed by atoms with Crippen molar-refractivity contribution in [2.24, 2.45) is 5.92 Å². The summed E-state index contributed by atoms with van der Waals surface area (Å²) in [6, 6.07) is 4.14. The zero-order chi connectivity index (χ0) is 12.1. The van der Waals surface area contributed by atoms with Crippen molar-refractivity contribution < 1.29 is 0 Å². The van der Waals surface area contributed by atoms with E-state index >= 15 is 0 Å². The van der Waals surface area contributed by atoms with Gasteiger partial charge in [-0.1, -0.05) is 6.92 Å². The van der Waals surface area contributed by atoms with Crippen molar-refractivity contribution in [2.45, 2.75) is 26.7 Å². The molecule has 3 nitrogen and oxygen atoms in total. The summed E-state index contributed by atoms with van der Waals surface area (Å²) in [6.45, 7) is 9.19. The Morgan fingerprint density at radius 1 is 1.41 bits per heavy atom. The first-order chi connectivity index (χ1) is 8.24. The van der Waals surface area contributed by atoms with E-state index in [4.69, 9.17) is 0 Å². The van der Waals surface area contributed by atoms with E-state index in [9.17, 15) is 0 Å². The van der Waals surface area contributed by atoms with Crippen LogP contribution < -0.4 is 5.32 Å². The monoisotopic (exact) mass is 233 g/mol. The second kappa shape index (κ2) is 6.01. The number of rotatable bonds is 5. The van der Waals surface area contributed by atoms with Gasteiger partial charge < -0.3 is 10.2 Å². The van der Waals surface area contributed by atoms with Crippen molar-refractivity contribution in [3.05, 3.63) is 24.0 Å². The van der Waals surface area contributed by atoms with Crippen molar-refractivity contribution in [3.8, 4) is 0 Å². The van der Waals surface area contributed by atoms with Gasteiger partial charge in [0.1, 0.15) is 0 Å². The molecule has 1 aromatic heterocycles. The molecule has 0 aromatic carbocycles. The quantitative estimate of drug-likeness (QED) is 0.847. The van der Waals surface area contributed by atoms with Gasteiger partial charge in [0.15, 0.2) is 0 Å². The lowest BCUT2D eigenvalue weighted by atomic mass is 10.1. The van der Waals surface area contributed by atoms with Gasteiger partial charge >= 0.3 is 0 Å². The molecule has 94 valence electrons. The highest BCUT2D eigenvalue weighted by Gasteiger charge is 2.14. The van der Waals surface area contributed by atoms with E-state index < -0.39 is 0 Å². The smallest absolute Gasteiger partial charge is 0.0393 e. The van der Waals surface area contributed by atoms with Gasteiger partial charge in [0.05, 0.1) is 0 Å². The molecule has 2 rings (SSSR count). The van der Waals surface area contributed by atoms with Crippen molar-refractivity contribution in [3.63, 3.8) is 0 Å². The third-order valence-corrected chi connectivity index (χ3v) is 3.32. The van der Waals surface area contributed by atoms with Gasteiger partial charge in [-0.15, -0.1) is 0 Å². The third kappa shape index (κ3) is 4.00. The van der Waals surface area contributed by atoms with E-state index in [1.54, 1.807) is 0 Å². The van der Waals surface area contributed by atoms with Crippen LogP contribution in [0.2, 0.25) is 0 Å². The number of anilines is 1. The van der Waals surface area contributed by atoms with Gasteiger partial charge in [0.25, 0.3) is 0 Å². The van der Waals surface area contributed by atoms with Crippen LogP contribution >= 0.6 is 0 Å². The second-order valence-electron chi connectivity index (χ2n) is 5.18. The second-order valence-corrected chi connectivity index (χ2v) is 5.18. The van der Waals surface area contributed by atoms with Crippen LogP contribution in [0.5, 0.6) is 0 Å². The highest BCUT2D eigenvalue weighted by atomic mass is 15.1. The van der Waals surface area contributed by atoms with Crippen molar-refractivity contribution in [1.29, 1.82) is 0 Å². The fourth-order valence-corrected chi connectivity index (χ4v) is 2.42. The molecule has 1 aromatic rings. The predicted molar refractivity (Wildman–Crippen MR) is 72.3 cm³/mol. The highest BCUT2D eigenvalue weighted by molar-refractivity contribution is 5.42. The number of nitrogens with zero attached hydrogens (tertiary/aromatic N) is 2. The van der Waals surface area contributed by atoms with Crippen molar-refractivity contribution >= 4 is 5.69 Å². The molecule has 0 saturated carbocycles. The fraction of sp³-hybridized carbons (Fsp3) is 0.643. The van der Waals surface area contributed by atoms with Crippen LogP contribution in [0.3, 0.4) is 0 Å². The molecule has 1 saturated heterocycles.